The third-order valence-corrected chi connectivity index (χ3v) is 2.20. The Morgan fingerprint density at radius 1 is 1.76 bits per heavy atom. The number of nitrogens with zero attached hydrogens (tertiary/aromatic N) is 3. The molecule has 1 heterocycles. The van der Waals surface area contributed by atoms with Gasteiger partial charge in [-0.3, -0.25) is 4.79 Å². The minimum Gasteiger partial charge on any atom is -0.394 e. The Hall–Kier alpha value is -1.96. The van der Waals surface area contributed by atoms with Gasteiger partial charge in [0.15, 0.2) is 0 Å². The van der Waals surface area contributed by atoms with Crippen LogP contribution in [0.15, 0.2) is 12.3 Å². The van der Waals surface area contributed by atoms with E-state index in [2.05, 4.69) is 10.4 Å². The van der Waals surface area contributed by atoms with Crippen molar-refractivity contribution in [3.05, 3.63) is 22.4 Å². The summed E-state index contributed by atoms with van der Waals surface area (Å²) < 4.78 is 1.18. The van der Waals surface area contributed by atoms with Gasteiger partial charge in [-0.05, 0) is 11.3 Å². The molecule has 0 aliphatic rings. The Morgan fingerprint density at radius 3 is 2.94 bits per heavy atom. The average molecular weight is 242 g/mol. The maximum absolute atomic E-state index is 11.5. The number of aromatic nitrogens is 2. The van der Waals surface area contributed by atoms with Crippen LogP contribution >= 0.6 is 0 Å². The maximum Gasteiger partial charge on any atom is 0.389 e. The normalized spacial score (nSPS) is 12.1. The Labute approximate surface area is 97.4 Å². The van der Waals surface area contributed by atoms with Crippen molar-refractivity contribution in [2.45, 2.75) is 25.9 Å². The topological polar surface area (TPSA) is 110 Å². The SMILES string of the molecule is CCC(CO)NC(=O)Cn1ccc([N+](=O)[O-])n1. The summed E-state index contributed by atoms with van der Waals surface area (Å²) in [5, 5.41) is 25.4. The first-order valence-electron chi connectivity index (χ1n) is 5.14. The van der Waals surface area contributed by atoms with Crippen LogP contribution in [0.2, 0.25) is 0 Å². The molecule has 8 heteroatoms. The van der Waals surface area contributed by atoms with E-state index in [0.29, 0.717) is 6.42 Å². The Morgan fingerprint density at radius 2 is 2.47 bits per heavy atom. The number of aliphatic hydroxyl groups excluding tert-OH is 1. The standard InChI is InChI=1S/C9H14N4O4/c1-2-7(6-14)10-9(15)5-12-4-3-8(11-12)13(16)17/h3-4,7,14H,2,5-6H2,1H3,(H,10,15). The van der Waals surface area contributed by atoms with E-state index in [4.69, 9.17) is 5.11 Å². The second-order valence-electron chi connectivity index (χ2n) is 3.48. The molecule has 0 aliphatic heterocycles. The predicted molar refractivity (Wildman–Crippen MR) is 58.2 cm³/mol. The Bertz CT molecular complexity index is 399. The van der Waals surface area contributed by atoms with E-state index in [1.54, 1.807) is 0 Å². The molecule has 1 atom stereocenters. The van der Waals surface area contributed by atoms with Gasteiger partial charge in [-0.2, -0.15) is 4.68 Å². The number of carbonyl (C=O) groups excluding carboxylic acids is 1. The highest BCUT2D eigenvalue weighted by Gasteiger charge is 2.15. The molecule has 0 aromatic carbocycles. The van der Waals surface area contributed by atoms with Crippen LogP contribution in [0.1, 0.15) is 13.3 Å². The molecule has 2 N–H and O–H groups in total. The zero-order chi connectivity index (χ0) is 12.8. The number of nitrogens with one attached hydrogen (secondary N) is 1. The van der Waals surface area contributed by atoms with Gasteiger partial charge in [0.2, 0.25) is 5.91 Å². The molecule has 1 aromatic heterocycles. The van der Waals surface area contributed by atoms with E-state index >= 15 is 0 Å². The first kappa shape index (κ1) is 13.1. The van der Waals surface area contributed by atoms with Crippen molar-refractivity contribution in [3.8, 4) is 0 Å². The number of amides is 1. The van der Waals surface area contributed by atoms with Crippen molar-refractivity contribution in [2.24, 2.45) is 0 Å². The van der Waals surface area contributed by atoms with E-state index in [1.165, 1.54) is 16.9 Å². The van der Waals surface area contributed by atoms with Crippen LogP contribution in [-0.4, -0.2) is 38.4 Å². The Kier molecular flexibility index (Phi) is 4.58. The van der Waals surface area contributed by atoms with Crippen LogP contribution in [0.4, 0.5) is 5.82 Å². The predicted octanol–water partition coefficient (Wildman–Crippen LogP) is -0.322. The van der Waals surface area contributed by atoms with Gasteiger partial charge >= 0.3 is 5.82 Å². The largest absolute Gasteiger partial charge is 0.394 e. The first-order chi connectivity index (χ1) is 8.06. The third kappa shape index (κ3) is 3.83. The van der Waals surface area contributed by atoms with Gasteiger partial charge in [0.25, 0.3) is 0 Å². The molecular formula is C9H14N4O4. The molecule has 0 saturated carbocycles. The van der Waals surface area contributed by atoms with Gasteiger partial charge in [-0.1, -0.05) is 6.92 Å². The second-order valence-corrected chi connectivity index (χ2v) is 3.48. The van der Waals surface area contributed by atoms with Crippen LogP contribution in [0.5, 0.6) is 0 Å². The van der Waals surface area contributed by atoms with Crippen molar-refractivity contribution in [3.63, 3.8) is 0 Å². The molecular weight excluding hydrogens is 228 g/mol. The molecule has 1 unspecified atom stereocenters. The van der Waals surface area contributed by atoms with Crippen LogP contribution in [0.25, 0.3) is 0 Å². The molecule has 0 spiro atoms. The highest BCUT2D eigenvalue weighted by Crippen LogP contribution is 2.04. The number of aliphatic hydroxyl groups is 1. The number of carbonyl (C=O) groups is 1. The number of hydrogen-bond donors (Lipinski definition) is 2. The van der Waals surface area contributed by atoms with E-state index in [0.717, 1.165) is 0 Å². The van der Waals surface area contributed by atoms with Gasteiger partial charge in [0, 0.05) is 0 Å². The summed E-state index contributed by atoms with van der Waals surface area (Å²) in [5.41, 5.74) is 0. The van der Waals surface area contributed by atoms with Crippen molar-refractivity contribution >= 4 is 11.7 Å². The number of rotatable bonds is 6. The highest BCUT2D eigenvalue weighted by atomic mass is 16.6. The Balaban J connectivity index is 2.52. The number of hydrogen-bond acceptors (Lipinski definition) is 5. The smallest absolute Gasteiger partial charge is 0.389 e. The fourth-order valence-electron chi connectivity index (χ4n) is 1.23. The number of nitro groups is 1. The minimum atomic E-state index is -0.628. The lowest BCUT2D eigenvalue weighted by atomic mass is 10.2. The lowest BCUT2D eigenvalue weighted by Crippen LogP contribution is -2.38. The molecule has 1 rings (SSSR count). The summed E-state index contributed by atoms with van der Waals surface area (Å²) in [6, 6.07) is 0.921. The molecule has 17 heavy (non-hydrogen) atoms. The zero-order valence-corrected chi connectivity index (χ0v) is 9.37. The molecule has 0 saturated heterocycles. The van der Waals surface area contributed by atoms with E-state index < -0.39 is 4.92 Å². The van der Waals surface area contributed by atoms with Gasteiger partial charge in [-0.15, -0.1) is 0 Å². The summed E-state index contributed by atoms with van der Waals surface area (Å²) >= 11 is 0. The van der Waals surface area contributed by atoms with Gasteiger partial charge < -0.3 is 20.5 Å². The third-order valence-electron chi connectivity index (χ3n) is 2.20. The molecule has 0 radical (unpaired) electrons. The molecule has 0 aliphatic carbocycles. The average Bonchev–Trinajstić information content (AvgIpc) is 2.74. The molecule has 8 nitrogen and oxygen atoms in total. The summed E-state index contributed by atoms with van der Waals surface area (Å²) in [4.78, 5) is 21.2. The zero-order valence-electron chi connectivity index (χ0n) is 9.37. The summed E-state index contributed by atoms with van der Waals surface area (Å²) in [7, 11) is 0. The molecule has 94 valence electrons. The van der Waals surface area contributed by atoms with Crippen LogP contribution in [-0.2, 0) is 11.3 Å². The minimum absolute atomic E-state index is 0.107. The monoisotopic (exact) mass is 242 g/mol. The lowest BCUT2D eigenvalue weighted by molar-refractivity contribution is -0.389. The fraction of sp³-hybridized carbons (Fsp3) is 0.556. The maximum atomic E-state index is 11.5. The second kappa shape index (κ2) is 5.94. The van der Waals surface area contributed by atoms with Crippen LogP contribution in [0, 0.1) is 10.1 Å². The van der Waals surface area contributed by atoms with Crippen molar-refractivity contribution in [1.82, 2.24) is 15.1 Å². The van der Waals surface area contributed by atoms with E-state index in [9.17, 15) is 14.9 Å². The molecule has 1 aromatic rings. The van der Waals surface area contributed by atoms with Gasteiger partial charge in [-0.25, -0.2) is 0 Å². The molecule has 0 fully saturated rings. The quantitative estimate of drug-likeness (QED) is 0.524. The fourth-order valence-corrected chi connectivity index (χ4v) is 1.23. The summed E-state index contributed by atoms with van der Waals surface area (Å²) in [6.45, 7) is 1.59. The lowest BCUT2D eigenvalue weighted by Gasteiger charge is -2.12. The van der Waals surface area contributed by atoms with Crippen molar-refractivity contribution in [1.29, 1.82) is 0 Å². The molecule has 1 amide bonds. The van der Waals surface area contributed by atoms with Crippen molar-refractivity contribution in [2.75, 3.05) is 6.61 Å². The van der Waals surface area contributed by atoms with Crippen LogP contribution in [0.3, 0.4) is 0 Å². The van der Waals surface area contributed by atoms with Crippen LogP contribution < -0.4 is 5.32 Å². The summed E-state index contributed by atoms with van der Waals surface area (Å²) in [5.74, 6) is -0.643. The van der Waals surface area contributed by atoms with E-state index in [-0.39, 0.29) is 30.9 Å². The first-order valence-corrected chi connectivity index (χ1v) is 5.14. The highest BCUT2D eigenvalue weighted by molar-refractivity contribution is 5.75. The molecule has 0 bridgehead atoms. The van der Waals surface area contributed by atoms with Crippen molar-refractivity contribution < 1.29 is 14.8 Å². The van der Waals surface area contributed by atoms with E-state index in [1.807, 2.05) is 6.92 Å². The van der Waals surface area contributed by atoms with Gasteiger partial charge in [0.1, 0.15) is 6.54 Å². The summed E-state index contributed by atoms with van der Waals surface area (Å²) in [6.07, 6.45) is 1.97. The van der Waals surface area contributed by atoms with Gasteiger partial charge in [0.05, 0.1) is 30.0 Å².